The van der Waals surface area contributed by atoms with Gasteiger partial charge in [-0.15, -0.1) is 0 Å². The van der Waals surface area contributed by atoms with E-state index in [4.69, 9.17) is 16.3 Å². The van der Waals surface area contributed by atoms with Crippen LogP contribution in [0.15, 0.2) is 48.5 Å². The Morgan fingerprint density at radius 3 is 2.59 bits per heavy atom. The van der Waals surface area contributed by atoms with Gasteiger partial charge in [-0.25, -0.2) is 13.1 Å². The van der Waals surface area contributed by atoms with E-state index in [-0.39, 0.29) is 11.8 Å². The predicted molar refractivity (Wildman–Crippen MR) is 88.6 cm³/mol. The van der Waals surface area contributed by atoms with Crippen LogP contribution in [0.25, 0.3) is 0 Å². The largest absolute Gasteiger partial charge is 0.496 e. The molecule has 2 aromatic rings. The Bertz CT molecular complexity index is 747. The van der Waals surface area contributed by atoms with Gasteiger partial charge < -0.3 is 4.74 Å². The fourth-order valence-electron chi connectivity index (χ4n) is 2.24. The quantitative estimate of drug-likeness (QED) is 0.876. The number of para-hydroxylation sites is 1. The molecule has 0 heterocycles. The maximum Gasteiger partial charge on any atom is 0.216 e. The summed E-state index contributed by atoms with van der Waals surface area (Å²) in [4.78, 5) is 0. The fourth-order valence-corrected chi connectivity index (χ4v) is 3.83. The standard InChI is InChI=1S/C16H18ClNO3S/c1-12(15-8-3-4-9-16(15)21-2)18-22(19,20)11-13-6-5-7-14(17)10-13/h3-10,12,18H,11H2,1-2H3. The zero-order valence-electron chi connectivity index (χ0n) is 12.4. The zero-order valence-corrected chi connectivity index (χ0v) is 14.0. The van der Waals surface area contributed by atoms with Gasteiger partial charge in [0.05, 0.1) is 12.9 Å². The van der Waals surface area contributed by atoms with Crippen LogP contribution in [0.2, 0.25) is 5.02 Å². The van der Waals surface area contributed by atoms with Crippen molar-refractivity contribution in [1.82, 2.24) is 4.72 Å². The number of sulfonamides is 1. The highest BCUT2D eigenvalue weighted by Gasteiger charge is 2.19. The van der Waals surface area contributed by atoms with Gasteiger partial charge in [0.15, 0.2) is 0 Å². The van der Waals surface area contributed by atoms with Crippen LogP contribution in [0.1, 0.15) is 24.1 Å². The molecular formula is C16H18ClNO3S. The highest BCUT2D eigenvalue weighted by atomic mass is 35.5. The topological polar surface area (TPSA) is 55.4 Å². The van der Waals surface area contributed by atoms with E-state index in [1.807, 2.05) is 18.2 Å². The van der Waals surface area contributed by atoms with Gasteiger partial charge in [-0.1, -0.05) is 41.9 Å². The molecule has 1 unspecified atom stereocenters. The first-order chi connectivity index (χ1) is 10.4. The summed E-state index contributed by atoms with van der Waals surface area (Å²) in [5, 5.41) is 0.519. The van der Waals surface area contributed by atoms with Gasteiger partial charge >= 0.3 is 0 Å². The van der Waals surface area contributed by atoms with Gasteiger partial charge in [0.1, 0.15) is 5.75 Å². The van der Waals surface area contributed by atoms with Gasteiger partial charge in [0.2, 0.25) is 10.0 Å². The zero-order chi connectivity index (χ0) is 16.2. The molecule has 0 aliphatic rings. The third kappa shape index (κ3) is 4.47. The van der Waals surface area contributed by atoms with E-state index in [0.717, 1.165) is 5.56 Å². The molecule has 2 aromatic carbocycles. The number of halogens is 1. The summed E-state index contributed by atoms with van der Waals surface area (Å²) >= 11 is 5.88. The molecule has 6 heteroatoms. The molecule has 0 bridgehead atoms. The Labute approximate surface area is 136 Å². The van der Waals surface area contributed by atoms with E-state index in [1.54, 1.807) is 44.4 Å². The summed E-state index contributed by atoms with van der Waals surface area (Å²) in [5.41, 5.74) is 1.44. The minimum Gasteiger partial charge on any atom is -0.496 e. The van der Waals surface area contributed by atoms with Crippen LogP contribution >= 0.6 is 11.6 Å². The van der Waals surface area contributed by atoms with E-state index in [9.17, 15) is 8.42 Å². The molecule has 0 amide bonds. The highest BCUT2D eigenvalue weighted by Crippen LogP contribution is 2.25. The summed E-state index contributed by atoms with van der Waals surface area (Å²) in [6.07, 6.45) is 0. The van der Waals surface area contributed by atoms with Crippen molar-refractivity contribution in [3.63, 3.8) is 0 Å². The number of hydrogen-bond acceptors (Lipinski definition) is 3. The van der Waals surface area contributed by atoms with Gasteiger partial charge in [-0.05, 0) is 30.7 Å². The SMILES string of the molecule is COc1ccccc1C(C)NS(=O)(=O)Cc1cccc(Cl)c1. The van der Waals surface area contributed by atoms with Crippen LogP contribution in [-0.4, -0.2) is 15.5 Å². The predicted octanol–water partition coefficient (Wildman–Crippen LogP) is 3.53. The third-order valence-electron chi connectivity index (χ3n) is 3.21. The summed E-state index contributed by atoms with van der Waals surface area (Å²) in [6.45, 7) is 1.79. The van der Waals surface area contributed by atoms with Crippen LogP contribution in [0, 0.1) is 0 Å². The number of methoxy groups -OCH3 is 1. The van der Waals surface area contributed by atoms with Crippen LogP contribution in [-0.2, 0) is 15.8 Å². The Morgan fingerprint density at radius 1 is 1.18 bits per heavy atom. The minimum absolute atomic E-state index is 0.118. The molecule has 2 rings (SSSR count). The van der Waals surface area contributed by atoms with E-state index in [1.165, 1.54) is 0 Å². The molecule has 0 aromatic heterocycles. The Balaban J connectivity index is 2.14. The summed E-state index contributed by atoms with van der Waals surface area (Å²) in [5.74, 6) is 0.535. The Kier molecular flexibility index (Phi) is 5.45. The second-order valence-corrected chi connectivity index (χ2v) is 7.16. The number of benzene rings is 2. The van der Waals surface area contributed by atoms with E-state index >= 15 is 0 Å². The average Bonchev–Trinajstić information content (AvgIpc) is 2.46. The average molecular weight is 340 g/mol. The third-order valence-corrected chi connectivity index (χ3v) is 4.87. The maximum atomic E-state index is 12.3. The maximum absolute atomic E-state index is 12.3. The molecule has 1 N–H and O–H groups in total. The molecule has 118 valence electrons. The van der Waals surface area contributed by atoms with E-state index in [0.29, 0.717) is 16.3 Å². The lowest BCUT2D eigenvalue weighted by molar-refractivity contribution is 0.405. The van der Waals surface area contributed by atoms with E-state index < -0.39 is 10.0 Å². The van der Waals surface area contributed by atoms with Crippen LogP contribution in [0.4, 0.5) is 0 Å². The summed E-state index contributed by atoms with van der Waals surface area (Å²) < 4.78 is 32.5. The van der Waals surface area contributed by atoms with Crippen molar-refractivity contribution in [1.29, 1.82) is 0 Å². The van der Waals surface area contributed by atoms with Crippen molar-refractivity contribution in [2.45, 2.75) is 18.7 Å². The molecule has 0 saturated heterocycles. The summed E-state index contributed by atoms with van der Waals surface area (Å²) in [6, 6.07) is 13.8. The molecular weight excluding hydrogens is 322 g/mol. The molecule has 4 nitrogen and oxygen atoms in total. The molecule has 0 radical (unpaired) electrons. The molecule has 0 fully saturated rings. The number of nitrogens with one attached hydrogen (secondary N) is 1. The Hall–Kier alpha value is -1.56. The van der Waals surface area contributed by atoms with Gasteiger partial charge in [0.25, 0.3) is 0 Å². The molecule has 1 atom stereocenters. The van der Waals surface area contributed by atoms with Gasteiger partial charge in [0, 0.05) is 16.6 Å². The molecule has 0 aliphatic heterocycles. The highest BCUT2D eigenvalue weighted by molar-refractivity contribution is 7.88. The van der Waals surface area contributed by atoms with Gasteiger partial charge in [-0.2, -0.15) is 0 Å². The molecule has 0 saturated carbocycles. The van der Waals surface area contributed by atoms with Crippen molar-refractivity contribution in [2.24, 2.45) is 0 Å². The smallest absolute Gasteiger partial charge is 0.216 e. The van der Waals surface area contributed by atoms with Crippen LogP contribution in [0.3, 0.4) is 0 Å². The van der Waals surface area contributed by atoms with Crippen LogP contribution < -0.4 is 9.46 Å². The second-order valence-electron chi connectivity index (χ2n) is 4.97. The first-order valence-corrected chi connectivity index (χ1v) is 8.81. The summed E-state index contributed by atoms with van der Waals surface area (Å²) in [7, 11) is -1.93. The van der Waals surface area contributed by atoms with Gasteiger partial charge in [-0.3, -0.25) is 0 Å². The number of ether oxygens (including phenoxy) is 1. The number of hydrogen-bond donors (Lipinski definition) is 1. The second kappa shape index (κ2) is 7.13. The van der Waals surface area contributed by atoms with Crippen molar-refractivity contribution in [2.75, 3.05) is 7.11 Å². The Morgan fingerprint density at radius 2 is 1.91 bits per heavy atom. The lowest BCUT2D eigenvalue weighted by atomic mass is 10.1. The lowest BCUT2D eigenvalue weighted by Crippen LogP contribution is -2.28. The molecule has 0 aliphatic carbocycles. The van der Waals surface area contributed by atoms with Crippen molar-refractivity contribution in [3.8, 4) is 5.75 Å². The first kappa shape index (κ1) is 16.8. The fraction of sp³-hybridized carbons (Fsp3) is 0.250. The first-order valence-electron chi connectivity index (χ1n) is 6.78. The van der Waals surface area contributed by atoms with Crippen molar-refractivity contribution in [3.05, 3.63) is 64.7 Å². The van der Waals surface area contributed by atoms with Crippen molar-refractivity contribution >= 4 is 21.6 Å². The van der Waals surface area contributed by atoms with E-state index in [2.05, 4.69) is 4.72 Å². The minimum atomic E-state index is -3.49. The normalized spacial score (nSPS) is 12.9. The number of rotatable bonds is 6. The van der Waals surface area contributed by atoms with Crippen LogP contribution in [0.5, 0.6) is 5.75 Å². The monoisotopic (exact) mass is 339 g/mol. The molecule has 22 heavy (non-hydrogen) atoms. The van der Waals surface area contributed by atoms with Crippen molar-refractivity contribution < 1.29 is 13.2 Å². The lowest BCUT2D eigenvalue weighted by Gasteiger charge is -2.17. The molecule has 0 spiro atoms.